The van der Waals surface area contributed by atoms with Gasteiger partial charge in [-0.05, 0) is 49.7 Å². The van der Waals surface area contributed by atoms with E-state index in [4.69, 9.17) is 23.2 Å². The first kappa shape index (κ1) is 15.0. The Morgan fingerprint density at radius 2 is 1.91 bits per heavy atom. The minimum absolute atomic E-state index is 0.526. The van der Waals surface area contributed by atoms with Crippen molar-refractivity contribution < 1.29 is 0 Å². The second kappa shape index (κ2) is 6.16. The minimum Gasteiger partial charge on any atom is -0.344 e. The molecule has 1 saturated heterocycles. The van der Waals surface area contributed by atoms with Crippen molar-refractivity contribution in [3.05, 3.63) is 52.9 Å². The maximum atomic E-state index is 6.21. The molecule has 0 atom stereocenters. The van der Waals surface area contributed by atoms with E-state index in [1.165, 1.54) is 5.52 Å². The molecule has 1 fully saturated rings. The maximum Gasteiger partial charge on any atom is 0.0598 e. The summed E-state index contributed by atoms with van der Waals surface area (Å²) in [5.74, 6) is 0. The van der Waals surface area contributed by atoms with Crippen LogP contribution in [0.2, 0.25) is 10.0 Å². The quantitative estimate of drug-likeness (QED) is 0.713. The second-order valence-corrected chi connectivity index (χ2v) is 6.77. The summed E-state index contributed by atoms with van der Waals surface area (Å²) < 4.78 is 2.40. The Balaban J connectivity index is 1.88. The predicted molar refractivity (Wildman–Crippen MR) is 96.3 cm³/mol. The van der Waals surface area contributed by atoms with E-state index in [9.17, 15) is 0 Å². The van der Waals surface area contributed by atoms with E-state index in [1.54, 1.807) is 0 Å². The number of fused-ring (bicyclic) bond motifs is 1. The van der Waals surface area contributed by atoms with Gasteiger partial charge >= 0.3 is 0 Å². The highest BCUT2D eigenvalue weighted by molar-refractivity contribution is 6.42. The summed E-state index contributed by atoms with van der Waals surface area (Å²) in [6, 6.07) is 8.42. The molecule has 0 saturated carbocycles. The molecule has 2 aromatic heterocycles. The molecule has 0 radical (unpaired) electrons. The second-order valence-electron chi connectivity index (χ2n) is 5.95. The number of nitrogens with one attached hydrogen (secondary N) is 1. The van der Waals surface area contributed by atoms with Crippen molar-refractivity contribution in [2.24, 2.45) is 0 Å². The van der Waals surface area contributed by atoms with Gasteiger partial charge in [0.1, 0.15) is 0 Å². The van der Waals surface area contributed by atoms with Crippen LogP contribution in [-0.4, -0.2) is 22.6 Å². The van der Waals surface area contributed by atoms with E-state index in [1.807, 2.05) is 30.6 Å². The molecule has 0 aliphatic carbocycles. The molecule has 3 aromatic rings. The van der Waals surface area contributed by atoms with Gasteiger partial charge in [0, 0.05) is 35.6 Å². The minimum atomic E-state index is 0.526. The number of benzene rings is 1. The molecular weight excluding hydrogens is 329 g/mol. The van der Waals surface area contributed by atoms with E-state index < -0.39 is 0 Å². The third-order valence-electron chi connectivity index (χ3n) is 4.57. The number of nitrogens with zero attached hydrogens (tertiary/aromatic N) is 2. The van der Waals surface area contributed by atoms with E-state index in [0.29, 0.717) is 16.1 Å². The molecule has 0 unspecified atom stereocenters. The molecule has 0 spiro atoms. The highest BCUT2D eigenvalue weighted by atomic mass is 35.5. The van der Waals surface area contributed by atoms with Crippen LogP contribution in [0.25, 0.3) is 22.0 Å². The SMILES string of the molecule is Clc1ccc(-c2cn(C3CCNCC3)c3ccncc23)cc1Cl. The van der Waals surface area contributed by atoms with Gasteiger partial charge in [-0.2, -0.15) is 0 Å². The van der Waals surface area contributed by atoms with Gasteiger partial charge in [-0.3, -0.25) is 4.98 Å². The number of hydrogen-bond acceptors (Lipinski definition) is 2. The molecule has 1 aliphatic rings. The van der Waals surface area contributed by atoms with E-state index in [-0.39, 0.29) is 0 Å². The lowest BCUT2D eigenvalue weighted by molar-refractivity contribution is 0.376. The van der Waals surface area contributed by atoms with Gasteiger partial charge in [0.2, 0.25) is 0 Å². The molecule has 1 aromatic carbocycles. The zero-order valence-electron chi connectivity index (χ0n) is 12.6. The van der Waals surface area contributed by atoms with Crippen molar-refractivity contribution in [2.45, 2.75) is 18.9 Å². The fraction of sp³-hybridized carbons (Fsp3) is 0.278. The summed E-state index contributed by atoms with van der Waals surface area (Å²) in [5, 5.41) is 5.74. The van der Waals surface area contributed by atoms with E-state index in [2.05, 4.69) is 27.1 Å². The first-order chi connectivity index (χ1) is 11.2. The monoisotopic (exact) mass is 345 g/mol. The average Bonchev–Trinajstić information content (AvgIpc) is 2.98. The molecule has 4 rings (SSSR count). The normalized spacial score (nSPS) is 16.1. The molecule has 0 amide bonds. The summed E-state index contributed by atoms with van der Waals surface area (Å²) in [7, 11) is 0. The number of hydrogen-bond donors (Lipinski definition) is 1. The van der Waals surface area contributed by atoms with Crippen molar-refractivity contribution >= 4 is 34.1 Å². The maximum absolute atomic E-state index is 6.21. The van der Waals surface area contributed by atoms with Gasteiger partial charge in [-0.1, -0.05) is 29.3 Å². The summed E-state index contributed by atoms with van der Waals surface area (Å²) >= 11 is 12.3. The molecule has 3 nitrogen and oxygen atoms in total. The fourth-order valence-electron chi connectivity index (χ4n) is 3.38. The first-order valence-corrected chi connectivity index (χ1v) is 8.60. The fourth-order valence-corrected chi connectivity index (χ4v) is 3.68. The summed E-state index contributed by atoms with van der Waals surface area (Å²) in [4.78, 5) is 4.31. The molecular formula is C18H17Cl2N3. The molecule has 23 heavy (non-hydrogen) atoms. The number of pyridine rings is 1. The Morgan fingerprint density at radius 3 is 2.70 bits per heavy atom. The van der Waals surface area contributed by atoms with Crippen LogP contribution in [0.1, 0.15) is 18.9 Å². The Kier molecular flexibility index (Phi) is 4.02. The van der Waals surface area contributed by atoms with Crippen LogP contribution in [0.15, 0.2) is 42.9 Å². The Hall–Kier alpha value is -1.55. The summed E-state index contributed by atoms with van der Waals surface area (Å²) in [5.41, 5.74) is 3.46. The number of halogens is 2. The highest BCUT2D eigenvalue weighted by Gasteiger charge is 2.19. The third kappa shape index (κ3) is 2.74. The molecule has 1 aliphatic heterocycles. The molecule has 118 valence electrons. The number of rotatable bonds is 2. The van der Waals surface area contributed by atoms with Crippen LogP contribution in [0.5, 0.6) is 0 Å². The van der Waals surface area contributed by atoms with Crippen LogP contribution < -0.4 is 5.32 Å². The predicted octanol–water partition coefficient (Wildman–Crippen LogP) is 4.93. The molecule has 1 N–H and O–H groups in total. The topological polar surface area (TPSA) is 29.9 Å². The average molecular weight is 346 g/mol. The zero-order chi connectivity index (χ0) is 15.8. The van der Waals surface area contributed by atoms with Crippen molar-refractivity contribution in [1.29, 1.82) is 0 Å². The van der Waals surface area contributed by atoms with Crippen molar-refractivity contribution in [2.75, 3.05) is 13.1 Å². The molecule has 0 bridgehead atoms. The van der Waals surface area contributed by atoms with Gasteiger partial charge in [0.05, 0.1) is 15.6 Å². The largest absolute Gasteiger partial charge is 0.344 e. The number of piperidine rings is 1. The first-order valence-electron chi connectivity index (χ1n) is 7.85. The van der Waals surface area contributed by atoms with Crippen LogP contribution in [-0.2, 0) is 0 Å². The van der Waals surface area contributed by atoms with Crippen molar-refractivity contribution in [3.63, 3.8) is 0 Å². The van der Waals surface area contributed by atoms with Gasteiger partial charge in [0.15, 0.2) is 0 Å². The third-order valence-corrected chi connectivity index (χ3v) is 5.31. The Morgan fingerprint density at radius 1 is 1.09 bits per heavy atom. The zero-order valence-corrected chi connectivity index (χ0v) is 14.1. The lowest BCUT2D eigenvalue weighted by atomic mass is 10.1. The van der Waals surface area contributed by atoms with Crippen LogP contribution in [0, 0.1) is 0 Å². The molecule has 3 heterocycles. The van der Waals surface area contributed by atoms with Gasteiger partial charge < -0.3 is 9.88 Å². The Bertz CT molecular complexity index is 851. The van der Waals surface area contributed by atoms with Gasteiger partial charge in [-0.15, -0.1) is 0 Å². The lowest BCUT2D eigenvalue weighted by Gasteiger charge is -2.25. The summed E-state index contributed by atoms with van der Waals surface area (Å²) in [6.45, 7) is 2.13. The van der Waals surface area contributed by atoms with Crippen LogP contribution in [0.4, 0.5) is 0 Å². The van der Waals surface area contributed by atoms with Gasteiger partial charge in [0.25, 0.3) is 0 Å². The number of aromatic nitrogens is 2. The standard InChI is InChI=1S/C18H17Cl2N3/c19-16-2-1-12(9-17(16)20)15-11-23(13-3-6-21-7-4-13)18-5-8-22-10-14(15)18/h1-2,5,8-11,13,21H,3-4,6-7H2. The molecule has 5 heteroatoms. The van der Waals surface area contributed by atoms with Crippen molar-refractivity contribution in [1.82, 2.24) is 14.9 Å². The van der Waals surface area contributed by atoms with Crippen molar-refractivity contribution in [3.8, 4) is 11.1 Å². The van der Waals surface area contributed by atoms with Gasteiger partial charge in [-0.25, -0.2) is 0 Å². The Labute approximate surface area is 145 Å². The van der Waals surface area contributed by atoms with Crippen LogP contribution >= 0.6 is 23.2 Å². The summed E-state index contributed by atoms with van der Waals surface area (Å²) in [6.07, 6.45) is 8.32. The lowest BCUT2D eigenvalue weighted by Crippen LogP contribution is -2.29. The highest BCUT2D eigenvalue weighted by Crippen LogP contribution is 2.36. The van der Waals surface area contributed by atoms with E-state index in [0.717, 1.165) is 42.4 Å². The van der Waals surface area contributed by atoms with E-state index >= 15 is 0 Å². The van der Waals surface area contributed by atoms with Crippen LogP contribution in [0.3, 0.4) is 0 Å². The smallest absolute Gasteiger partial charge is 0.0598 e.